The molecule has 0 fully saturated rings. The lowest BCUT2D eigenvalue weighted by Gasteiger charge is -2.20. The van der Waals surface area contributed by atoms with Crippen molar-refractivity contribution >= 4 is 28.5 Å². The molecule has 0 radical (unpaired) electrons. The average molecular weight is 380 g/mol. The smallest absolute Gasteiger partial charge is 0.323 e. The van der Waals surface area contributed by atoms with Gasteiger partial charge < -0.3 is 20.6 Å². The monoisotopic (exact) mass is 380 g/mol. The summed E-state index contributed by atoms with van der Waals surface area (Å²) in [5, 5.41) is 5.68. The Bertz CT molecular complexity index is 1060. The SMILES string of the molecule is Cc1ccccc1C(=O)N[C@@H](CC(C)C)C(=O)Nc1ccc2[nH]c(=O)[nH]c2c1. The van der Waals surface area contributed by atoms with E-state index in [4.69, 9.17) is 0 Å². The Hall–Kier alpha value is -3.35. The van der Waals surface area contributed by atoms with E-state index >= 15 is 0 Å². The van der Waals surface area contributed by atoms with E-state index in [2.05, 4.69) is 20.6 Å². The van der Waals surface area contributed by atoms with Crippen LogP contribution in [-0.2, 0) is 4.79 Å². The second-order valence-corrected chi connectivity index (χ2v) is 7.30. The Labute approximate surface area is 162 Å². The molecule has 1 aromatic heterocycles. The van der Waals surface area contributed by atoms with Gasteiger partial charge in [0.2, 0.25) is 5.91 Å². The number of aromatic nitrogens is 2. The summed E-state index contributed by atoms with van der Waals surface area (Å²) in [5.41, 5.74) is 2.91. The molecule has 0 bridgehead atoms. The first-order chi connectivity index (χ1) is 13.3. The lowest BCUT2D eigenvalue weighted by molar-refractivity contribution is -0.118. The molecule has 0 aliphatic carbocycles. The highest BCUT2D eigenvalue weighted by atomic mass is 16.2. The van der Waals surface area contributed by atoms with Crippen LogP contribution in [0.25, 0.3) is 11.0 Å². The number of benzene rings is 2. The molecule has 3 rings (SSSR count). The molecule has 1 heterocycles. The number of anilines is 1. The summed E-state index contributed by atoms with van der Waals surface area (Å²) >= 11 is 0. The number of H-pyrrole nitrogens is 2. The summed E-state index contributed by atoms with van der Waals surface area (Å²) in [6.07, 6.45) is 0.507. The van der Waals surface area contributed by atoms with Gasteiger partial charge in [0.15, 0.2) is 0 Å². The van der Waals surface area contributed by atoms with Crippen LogP contribution in [0.15, 0.2) is 47.3 Å². The quantitative estimate of drug-likeness (QED) is 0.528. The second kappa shape index (κ2) is 8.12. The molecular formula is C21H24N4O3. The predicted molar refractivity (Wildman–Crippen MR) is 109 cm³/mol. The van der Waals surface area contributed by atoms with Crippen LogP contribution in [0.2, 0.25) is 0 Å². The van der Waals surface area contributed by atoms with Crippen LogP contribution in [-0.4, -0.2) is 27.8 Å². The molecule has 0 spiro atoms. The van der Waals surface area contributed by atoms with Crippen LogP contribution >= 0.6 is 0 Å². The van der Waals surface area contributed by atoms with Crippen molar-refractivity contribution < 1.29 is 9.59 Å². The van der Waals surface area contributed by atoms with Crippen molar-refractivity contribution in [2.75, 3.05) is 5.32 Å². The van der Waals surface area contributed by atoms with E-state index in [1.165, 1.54) is 0 Å². The number of rotatable bonds is 6. The van der Waals surface area contributed by atoms with E-state index in [1.54, 1.807) is 30.3 Å². The number of amides is 2. The molecule has 28 heavy (non-hydrogen) atoms. The zero-order valence-electron chi connectivity index (χ0n) is 16.1. The van der Waals surface area contributed by atoms with Crippen molar-refractivity contribution in [1.82, 2.24) is 15.3 Å². The van der Waals surface area contributed by atoms with Gasteiger partial charge in [0.25, 0.3) is 5.91 Å². The Balaban J connectivity index is 1.77. The topological polar surface area (TPSA) is 107 Å². The maximum Gasteiger partial charge on any atom is 0.323 e. The highest BCUT2D eigenvalue weighted by Crippen LogP contribution is 2.16. The first-order valence-electron chi connectivity index (χ1n) is 9.23. The molecule has 7 heteroatoms. The van der Waals surface area contributed by atoms with Crippen molar-refractivity contribution in [2.45, 2.75) is 33.2 Å². The number of hydrogen-bond acceptors (Lipinski definition) is 3. The fraction of sp³-hybridized carbons (Fsp3) is 0.286. The van der Waals surface area contributed by atoms with Gasteiger partial charge in [-0.2, -0.15) is 0 Å². The molecule has 0 saturated carbocycles. The molecule has 0 aliphatic heterocycles. The van der Waals surface area contributed by atoms with Crippen molar-refractivity contribution in [2.24, 2.45) is 5.92 Å². The van der Waals surface area contributed by atoms with Gasteiger partial charge in [-0.25, -0.2) is 4.79 Å². The van der Waals surface area contributed by atoms with E-state index in [1.807, 2.05) is 32.9 Å². The molecule has 4 N–H and O–H groups in total. The number of carbonyl (C=O) groups excluding carboxylic acids is 2. The molecule has 0 saturated heterocycles. The van der Waals surface area contributed by atoms with Gasteiger partial charge >= 0.3 is 5.69 Å². The van der Waals surface area contributed by atoms with Crippen molar-refractivity contribution in [3.05, 3.63) is 64.1 Å². The molecule has 2 amide bonds. The predicted octanol–water partition coefficient (Wildman–Crippen LogP) is 2.95. The number of nitrogens with one attached hydrogen (secondary N) is 4. The van der Waals surface area contributed by atoms with Crippen molar-refractivity contribution in [3.8, 4) is 0 Å². The summed E-state index contributed by atoms with van der Waals surface area (Å²) in [4.78, 5) is 42.2. The average Bonchev–Trinajstić information content (AvgIpc) is 3.00. The number of aromatic amines is 2. The Kier molecular flexibility index (Phi) is 5.63. The minimum absolute atomic E-state index is 0.219. The molecule has 0 aliphatic rings. The van der Waals surface area contributed by atoms with E-state index in [9.17, 15) is 14.4 Å². The van der Waals surface area contributed by atoms with Gasteiger partial charge in [-0.15, -0.1) is 0 Å². The van der Waals surface area contributed by atoms with Crippen LogP contribution < -0.4 is 16.3 Å². The fourth-order valence-corrected chi connectivity index (χ4v) is 3.11. The second-order valence-electron chi connectivity index (χ2n) is 7.30. The zero-order valence-corrected chi connectivity index (χ0v) is 16.1. The Morgan fingerprint density at radius 3 is 2.46 bits per heavy atom. The van der Waals surface area contributed by atoms with Gasteiger partial charge in [-0.05, 0) is 49.1 Å². The maximum atomic E-state index is 12.8. The molecule has 3 aromatic rings. The van der Waals surface area contributed by atoms with Crippen LogP contribution in [0.3, 0.4) is 0 Å². The molecule has 146 valence electrons. The first kappa shape index (κ1) is 19.4. The van der Waals surface area contributed by atoms with Gasteiger partial charge in [0, 0.05) is 11.3 Å². The number of aryl methyl sites for hydroxylation is 1. The lowest BCUT2D eigenvalue weighted by Crippen LogP contribution is -2.44. The highest BCUT2D eigenvalue weighted by Gasteiger charge is 2.23. The summed E-state index contributed by atoms with van der Waals surface area (Å²) in [7, 11) is 0. The Morgan fingerprint density at radius 2 is 1.75 bits per heavy atom. The number of hydrogen-bond donors (Lipinski definition) is 4. The third-order valence-electron chi connectivity index (χ3n) is 4.50. The Morgan fingerprint density at radius 1 is 1.04 bits per heavy atom. The first-order valence-corrected chi connectivity index (χ1v) is 9.23. The van der Waals surface area contributed by atoms with Crippen LogP contribution in [0.5, 0.6) is 0 Å². The van der Waals surface area contributed by atoms with Crippen LogP contribution in [0.1, 0.15) is 36.2 Å². The molecule has 2 aromatic carbocycles. The van der Waals surface area contributed by atoms with Gasteiger partial charge in [0.1, 0.15) is 6.04 Å². The summed E-state index contributed by atoms with van der Waals surface area (Å²) in [6.45, 7) is 5.85. The third kappa shape index (κ3) is 4.49. The van der Waals surface area contributed by atoms with E-state index in [-0.39, 0.29) is 23.4 Å². The molecular weight excluding hydrogens is 356 g/mol. The summed E-state index contributed by atoms with van der Waals surface area (Å²) in [6, 6.07) is 11.7. The van der Waals surface area contributed by atoms with Gasteiger partial charge in [0.05, 0.1) is 11.0 Å². The summed E-state index contributed by atoms with van der Waals surface area (Å²) < 4.78 is 0. The van der Waals surface area contributed by atoms with Gasteiger partial charge in [-0.1, -0.05) is 32.0 Å². The van der Waals surface area contributed by atoms with Crippen LogP contribution in [0, 0.1) is 12.8 Å². The van der Waals surface area contributed by atoms with Crippen molar-refractivity contribution in [3.63, 3.8) is 0 Å². The standard InChI is InChI=1S/C21H24N4O3/c1-12(2)10-18(23-19(26)15-7-5-4-6-13(15)3)20(27)22-14-8-9-16-17(11-14)25-21(28)24-16/h4-9,11-12,18H,10H2,1-3H3,(H,22,27)(H,23,26)(H2,24,25,28)/t18-/m0/s1. The minimum atomic E-state index is -0.673. The molecule has 0 unspecified atom stereocenters. The normalized spacial score (nSPS) is 12.1. The third-order valence-corrected chi connectivity index (χ3v) is 4.50. The minimum Gasteiger partial charge on any atom is -0.340 e. The summed E-state index contributed by atoms with van der Waals surface area (Å²) in [5.74, 6) is -0.353. The maximum absolute atomic E-state index is 12.8. The molecule has 1 atom stereocenters. The number of carbonyl (C=O) groups is 2. The zero-order chi connectivity index (χ0) is 20.3. The van der Waals surface area contributed by atoms with E-state index < -0.39 is 6.04 Å². The van der Waals surface area contributed by atoms with Crippen molar-refractivity contribution in [1.29, 1.82) is 0 Å². The number of fused-ring (bicyclic) bond motifs is 1. The highest BCUT2D eigenvalue weighted by molar-refractivity contribution is 6.02. The number of imidazole rings is 1. The van der Waals surface area contributed by atoms with E-state index in [0.29, 0.717) is 28.7 Å². The van der Waals surface area contributed by atoms with E-state index in [0.717, 1.165) is 5.56 Å². The fourth-order valence-electron chi connectivity index (χ4n) is 3.11. The lowest BCUT2D eigenvalue weighted by atomic mass is 10.0. The van der Waals surface area contributed by atoms with Gasteiger partial charge in [-0.3, -0.25) is 9.59 Å². The van der Waals surface area contributed by atoms with Crippen LogP contribution in [0.4, 0.5) is 5.69 Å². The molecule has 7 nitrogen and oxygen atoms in total. The largest absolute Gasteiger partial charge is 0.340 e.